The molecule has 0 unspecified atom stereocenters. The Morgan fingerprint density at radius 1 is 1.38 bits per heavy atom. The van der Waals surface area contributed by atoms with Crippen molar-refractivity contribution in [3.63, 3.8) is 0 Å². The Balaban J connectivity index is 2.96. The van der Waals surface area contributed by atoms with E-state index in [0.717, 1.165) is 16.2 Å². The first kappa shape index (κ1) is 17.7. The van der Waals surface area contributed by atoms with Crippen molar-refractivity contribution in [3.05, 3.63) is 11.1 Å². The molecule has 0 fully saturated rings. The predicted molar refractivity (Wildman–Crippen MR) is 75.7 cm³/mol. The lowest BCUT2D eigenvalue weighted by Crippen LogP contribution is -2.35. The Bertz CT molecular complexity index is 486. The van der Waals surface area contributed by atoms with Gasteiger partial charge in [-0.25, -0.2) is 4.98 Å². The summed E-state index contributed by atoms with van der Waals surface area (Å²) in [5.74, 6) is -0.444. The number of alkyl halides is 3. The Kier molecular flexibility index (Phi) is 5.61. The third-order valence-corrected chi connectivity index (χ3v) is 3.84. The van der Waals surface area contributed by atoms with Crippen LogP contribution in [0.4, 0.5) is 18.3 Å². The molecule has 1 heterocycles. The fourth-order valence-corrected chi connectivity index (χ4v) is 2.70. The number of hydrogen-bond donors (Lipinski definition) is 0. The highest BCUT2D eigenvalue weighted by atomic mass is 32.1. The van der Waals surface area contributed by atoms with E-state index in [9.17, 15) is 18.0 Å². The maximum atomic E-state index is 12.5. The van der Waals surface area contributed by atoms with E-state index < -0.39 is 24.1 Å². The number of rotatable bonds is 6. The molecule has 1 aromatic heterocycles. The first-order valence-electron chi connectivity index (χ1n) is 6.56. The molecule has 1 aromatic rings. The van der Waals surface area contributed by atoms with Crippen molar-refractivity contribution in [2.45, 2.75) is 39.3 Å². The Morgan fingerprint density at radius 2 is 2.00 bits per heavy atom. The molecule has 0 radical (unpaired) electrons. The minimum absolute atomic E-state index is 0.187. The summed E-state index contributed by atoms with van der Waals surface area (Å²) in [7, 11) is 0. The van der Waals surface area contributed by atoms with Crippen LogP contribution in [0.15, 0.2) is 5.38 Å². The quantitative estimate of drug-likeness (QED) is 0.753. The van der Waals surface area contributed by atoms with Gasteiger partial charge in [0.2, 0.25) is 0 Å². The number of hydrogen-bond acceptors (Lipinski definition) is 5. The van der Waals surface area contributed by atoms with E-state index in [-0.39, 0.29) is 18.3 Å². The van der Waals surface area contributed by atoms with E-state index in [1.165, 1.54) is 0 Å². The highest BCUT2D eigenvalue weighted by Gasteiger charge is 2.36. The number of nitrogens with zero attached hydrogens (tertiary/aromatic N) is 2. The molecule has 0 N–H and O–H groups in total. The van der Waals surface area contributed by atoms with Gasteiger partial charge in [-0.05, 0) is 27.7 Å². The molecule has 1 rings (SSSR count). The lowest BCUT2D eigenvalue weighted by atomic mass is 9.90. The van der Waals surface area contributed by atoms with Gasteiger partial charge in [-0.2, -0.15) is 13.2 Å². The maximum absolute atomic E-state index is 12.5. The fourth-order valence-electron chi connectivity index (χ4n) is 1.64. The van der Waals surface area contributed by atoms with E-state index in [1.807, 2.05) is 0 Å². The van der Waals surface area contributed by atoms with Crippen LogP contribution in [-0.4, -0.2) is 36.8 Å². The molecular weight excluding hydrogens is 305 g/mol. The van der Waals surface area contributed by atoms with Gasteiger partial charge in [0.15, 0.2) is 5.13 Å². The number of anilines is 1. The van der Waals surface area contributed by atoms with E-state index >= 15 is 0 Å². The molecule has 21 heavy (non-hydrogen) atoms. The van der Waals surface area contributed by atoms with Crippen LogP contribution in [0.2, 0.25) is 0 Å². The smallest absolute Gasteiger partial charge is 0.406 e. The Hall–Kier alpha value is -1.31. The van der Waals surface area contributed by atoms with Crippen LogP contribution in [0.5, 0.6) is 0 Å². The largest absolute Gasteiger partial charge is 0.465 e. The second-order valence-electron chi connectivity index (χ2n) is 4.99. The molecule has 0 saturated heterocycles. The maximum Gasteiger partial charge on any atom is 0.406 e. The lowest BCUT2D eigenvalue weighted by Gasteiger charge is -2.22. The van der Waals surface area contributed by atoms with Gasteiger partial charge in [0.05, 0.1) is 12.3 Å². The molecule has 0 spiro atoms. The molecule has 0 aliphatic heterocycles. The van der Waals surface area contributed by atoms with Gasteiger partial charge in [-0.1, -0.05) is 0 Å². The zero-order chi connectivity index (χ0) is 16.3. The molecule has 0 amide bonds. The second-order valence-corrected chi connectivity index (χ2v) is 5.83. The van der Waals surface area contributed by atoms with Gasteiger partial charge in [0.25, 0.3) is 0 Å². The first-order chi connectivity index (χ1) is 9.61. The van der Waals surface area contributed by atoms with E-state index in [0.29, 0.717) is 5.69 Å². The number of carbonyl (C=O) groups excluding carboxylic acids is 1. The van der Waals surface area contributed by atoms with Crippen LogP contribution < -0.4 is 4.90 Å². The van der Waals surface area contributed by atoms with Crippen molar-refractivity contribution in [2.75, 3.05) is 24.6 Å². The molecule has 0 aliphatic carbocycles. The van der Waals surface area contributed by atoms with Crippen molar-refractivity contribution in [2.24, 2.45) is 0 Å². The number of aromatic nitrogens is 1. The van der Waals surface area contributed by atoms with Crippen LogP contribution in [0.3, 0.4) is 0 Å². The average molecular weight is 324 g/mol. The molecular formula is C13H19F3N2O2S. The van der Waals surface area contributed by atoms with Gasteiger partial charge < -0.3 is 9.64 Å². The molecule has 0 aliphatic rings. The highest BCUT2D eigenvalue weighted by Crippen LogP contribution is 2.31. The third-order valence-electron chi connectivity index (χ3n) is 2.94. The number of thiazole rings is 1. The molecule has 0 atom stereocenters. The van der Waals surface area contributed by atoms with Crippen LogP contribution in [0.25, 0.3) is 0 Å². The summed E-state index contributed by atoms with van der Waals surface area (Å²) < 4.78 is 42.5. The minimum Gasteiger partial charge on any atom is -0.465 e. The normalized spacial score (nSPS) is 12.3. The summed E-state index contributed by atoms with van der Waals surface area (Å²) in [5.41, 5.74) is -0.566. The summed E-state index contributed by atoms with van der Waals surface area (Å²) in [6, 6.07) is 0. The van der Waals surface area contributed by atoms with Crippen LogP contribution in [0.1, 0.15) is 33.4 Å². The molecule has 4 nitrogen and oxygen atoms in total. The van der Waals surface area contributed by atoms with Crippen molar-refractivity contribution in [3.8, 4) is 0 Å². The summed E-state index contributed by atoms with van der Waals surface area (Å²) in [4.78, 5) is 17.2. The highest BCUT2D eigenvalue weighted by molar-refractivity contribution is 7.13. The van der Waals surface area contributed by atoms with E-state index in [4.69, 9.17) is 4.74 Å². The summed E-state index contributed by atoms with van der Waals surface area (Å²) in [6.45, 7) is 5.98. The number of carbonyl (C=O) groups is 1. The number of halogens is 3. The monoisotopic (exact) mass is 324 g/mol. The van der Waals surface area contributed by atoms with Gasteiger partial charge >= 0.3 is 12.1 Å². The molecule has 0 aromatic carbocycles. The van der Waals surface area contributed by atoms with E-state index in [1.54, 1.807) is 33.1 Å². The first-order valence-corrected chi connectivity index (χ1v) is 7.44. The summed E-state index contributed by atoms with van der Waals surface area (Å²) in [5, 5.41) is 1.85. The topological polar surface area (TPSA) is 42.4 Å². The Labute approximate surface area is 125 Å². The van der Waals surface area contributed by atoms with Crippen LogP contribution in [-0.2, 0) is 14.9 Å². The van der Waals surface area contributed by atoms with Gasteiger partial charge in [0.1, 0.15) is 12.0 Å². The van der Waals surface area contributed by atoms with Crippen LogP contribution >= 0.6 is 11.3 Å². The second kappa shape index (κ2) is 6.64. The van der Waals surface area contributed by atoms with Crippen molar-refractivity contribution < 1.29 is 22.7 Å². The molecule has 120 valence electrons. The minimum atomic E-state index is -4.29. The zero-order valence-electron chi connectivity index (χ0n) is 12.5. The van der Waals surface area contributed by atoms with E-state index in [2.05, 4.69) is 4.98 Å². The van der Waals surface area contributed by atoms with Crippen LogP contribution in [0, 0.1) is 0 Å². The van der Waals surface area contributed by atoms with Gasteiger partial charge in [-0.15, -0.1) is 11.3 Å². The number of esters is 1. The lowest BCUT2D eigenvalue weighted by molar-refractivity contribution is -0.149. The SMILES string of the molecule is CCOC(=O)C(C)(C)c1csc(N(CC)CC(F)(F)F)n1. The van der Waals surface area contributed by atoms with Crippen molar-refractivity contribution in [1.29, 1.82) is 0 Å². The third kappa shape index (κ3) is 4.59. The average Bonchev–Trinajstić information content (AvgIpc) is 2.85. The van der Waals surface area contributed by atoms with Gasteiger partial charge in [-0.3, -0.25) is 4.79 Å². The molecule has 0 saturated carbocycles. The van der Waals surface area contributed by atoms with Crippen molar-refractivity contribution >= 4 is 22.4 Å². The summed E-state index contributed by atoms with van der Waals surface area (Å²) in [6.07, 6.45) is -4.29. The summed E-state index contributed by atoms with van der Waals surface area (Å²) >= 11 is 1.09. The Morgan fingerprint density at radius 3 is 2.48 bits per heavy atom. The fraction of sp³-hybridized carbons (Fsp3) is 0.692. The predicted octanol–water partition coefficient (Wildman–Crippen LogP) is 3.37. The van der Waals surface area contributed by atoms with Crippen molar-refractivity contribution in [1.82, 2.24) is 4.98 Å². The molecule has 8 heteroatoms. The van der Waals surface area contributed by atoms with Gasteiger partial charge in [0, 0.05) is 11.9 Å². The number of ether oxygens (including phenoxy) is 1. The molecule has 0 bridgehead atoms. The zero-order valence-corrected chi connectivity index (χ0v) is 13.3. The standard InChI is InChI=1S/C13H19F3N2O2S/c1-5-18(8-13(14,15)16)11-17-9(7-21-11)12(3,4)10(19)20-6-2/h7H,5-6,8H2,1-4H3.